The summed E-state index contributed by atoms with van der Waals surface area (Å²) in [5, 5.41) is 5.00. The molecular weight excluding hydrogens is 955 g/mol. The van der Waals surface area contributed by atoms with Gasteiger partial charge >= 0.3 is 0 Å². The first-order valence-corrected chi connectivity index (χ1v) is 28.3. The summed E-state index contributed by atoms with van der Waals surface area (Å²) in [7, 11) is 0. The number of hydrogen-bond donors (Lipinski definition) is 0. The predicted molar refractivity (Wildman–Crippen MR) is 332 cm³/mol. The molecule has 3 nitrogen and oxygen atoms in total. The normalized spacial score (nSPS) is 16.2. The number of rotatable bonds is 4. The first kappa shape index (κ1) is 46.2. The van der Waals surface area contributed by atoms with Crippen molar-refractivity contribution >= 4 is 66.7 Å². The van der Waals surface area contributed by atoms with Gasteiger partial charge in [-0.2, -0.15) is 0 Å². The van der Waals surface area contributed by atoms with Gasteiger partial charge in [-0.05, 0) is 174 Å². The molecule has 0 N–H and O–H groups in total. The third kappa shape index (κ3) is 6.19. The third-order valence-electron chi connectivity index (χ3n) is 19.3. The van der Waals surface area contributed by atoms with Crippen LogP contribution >= 0.6 is 0 Å². The molecule has 0 aliphatic carbocycles. The number of nitrogens with zero attached hydrogens (tertiary/aromatic N) is 3. The maximum absolute atomic E-state index is 2.56. The molecule has 11 aromatic carbocycles. The van der Waals surface area contributed by atoms with Crippen LogP contribution in [0.25, 0.3) is 71.6 Å². The summed E-state index contributed by atoms with van der Waals surface area (Å²) in [6.45, 7) is 19.4. The second kappa shape index (κ2) is 15.9. The first-order chi connectivity index (χ1) is 38.2. The maximum atomic E-state index is 2.56. The molecule has 0 saturated heterocycles. The molecule has 12 aromatic rings. The largest absolute Gasteiger partial charge is 0.309 e. The minimum Gasteiger partial charge on any atom is -0.309 e. The molecule has 79 heavy (non-hydrogen) atoms. The summed E-state index contributed by atoms with van der Waals surface area (Å²) in [4.78, 5) is 5.12. The number of anilines is 6. The smallest absolute Gasteiger partial charge is 0.0544 e. The lowest BCUT2D eigenvalue weighted by Gasteiger charge is -2.49. The fourth-order valence-corrected chi connectivity index (χ4v) is 15.0. The van der Waals surface area contributed by atoms with Gasteiger partial charge in [0.1, 0.15) is 0 Å². The number of aromatic nitrogens is 1. The van der Waals surface area contributed by atoms with Gasteiger partial charge in [-0.25, -0.2) is 0 Å². The van der Waals surface area contributed by atoms with Crippen molar-refractivity contribution in [3.63, 3.8) is 0 Å². The average Bonchev–Trinajstić information content (AvgIpc) is 3.76. The Morgan fingerprint density at radius 2 is 0.620 bits per heavy atom. The predicted octanol–water partition coefficient (Wildman–Crippen LogP) is 20.4. The summed E-state index contributed by atoms with van der Waals surface area (Å²) in [5.74, 6) is 0. The van der Waals surface area contributed by atoms with Crippen LogP contribution in [-0.4, -0.2) is 4.57 Å². The molecule has 4 aliphatic rings. The molecule has 380 valence electrons. The Bertz CT molecular complexity index is 4220. The molecule has 0 spiro atoms. The number of benzene rings is 11. The van der Waals surface area contributed by atoms with E-state index in [1.54, 1.807) is 0 Å². The zero-order chi connectivity index (χ0) is 53.5. The van der Waals surface area contributed by atoms with E-state index < -0.39 is 0 Å². The average molecular weight is 1020 g/mol. The van der Waals surface area contributed by atoms with Gasteiger partial charge in [-0.3, -0.25) is 0 Å². The molecule has 0 atom stereocenters. The molecular formula is C76H61N3. The molecule has 4 aliphatic heterocycles. The van der Waals surface area contributed by atoms with Crippen LogP contribution in [-0.2, 0) is 21.7 Å². The highest BCUT2D eigenvalue weighted by atomic mass is 15.2. The number of fused-ring (bicyclic) bond motifs is 12. The van der Waals surface area contributed by atoms with Gasteiger partial charge in [0.05, 0.1) is 45.2 Å². The van der Waals surface area contributed by atoms with Crippen LogP contribution in [0, 0.1) is 0 Å². The Balaban J connectivity index is 0.922. The van der Waals surface area contributed by atoms with E-state index in [9.17, 15) is 0 Å². The zero-order valence-electron chi connectivity index (χ0n) is 46.2. The van der Waals surface area contributed by atoms with Crippen LogP contribution in [0.3, 0.4) is 0 Å². The van der Waals surface area contributed by atoms with E-state index >= 15 is 0 Å². The van der Waals surface area contributed by atoms with Crippen molar-refractivity contribution < 1.29 is 0 Å². The lowest BCUT2D eigenvalue weighted by molar-refractivity contribution is 0.597. The molecule has 5 heterocycles. The Labute approximate surface area is 463 Å². The Kier molecular flexibility index (Phi) is 9.28. The van der Waals surface area contributed by atoms with Crippen LogP contribution in [0.2, 0.25) is 0 Å². The van der Waals surface area contributed by atoms with Crippen LogP contribution in [0.15, 0.2) is 224 Å². The van der Waals surface area contributed by atoms with Gasteiger partial charge in [0.25, 0.3) is 0 Å². The zero-order valence-corrected chi connectivity index (χ0v) is 46.2. The van der Waals surface area contributed by atoms with Gasteiger partial charge in [0.15, 0.2) is 0 Å². The monoisotopic (exact) mass is 1020 g/mol. The Morgan fingerprint density at radius 1 is 0.266 bits per heavy atom. The summed E-state index contributed by atoms with van der Waals surface area (Å²) in [6.07, 6.45) is 0. The van der Waals surface area contributed by atoms with Crippen molar-refractivity contribution in [2.45, 2.75) is 77.0 Å². The highest BCUT2D eigenvalue weighted by Crippen LogP contribution is 2.63. The second-order valence-corrected chi connectivity index (χ2v) is 25.0. The molecule has 16 rings (SSSR count). The third-order valence-corrected chi connectivity index (χ3v) is 19.3. The molecule has 0 radical (unpaired) electrons. The van der Waals surface area contributed by atoms with Gasteiger partial charge in [0, 0.05) is 38.1 Å². The number of para-hydroxylation sites is 4. The first-order valence-electron chi connectivity index (χ1n) is 28.3. The van der Waals surface area contributed by atoms with Crippen LogP contribution in [0.5, 0.6) is 0 Å². The standard InChI is InChI=1S/C76H61N3/c1-73(2)57-24-11-15-28-67(57)78-68-29-16-12-25-58(68)74(3,4)62-43-50(42-61(73)71(62)78)48-34-38-65-55(40-48)56-41-49(35-39-66(56)77(65)52-36-32-47(33-37-52)54-23-19-21-46-20-9-10-22-53(46)54)51-44-63-72-64(45-51)76(7,8)60-27-14-18-31-70(60)79(72)69-30-17-13-26-59(69)75(63,5)6/h9-45H,1-8H3. The molecule has 0 saturated carbocycles. The highest BCUT2D eigenvalue weighted by molar-refractivity contribution is 6.12. The van der Waals surface area contributed by atoms with E-state index in [-0.39, 0.29) is 21.7 Å². The van der Waals surface area contributed by atoms with Gasteiger partial charge in [-0.1, -0.05) is 195 Å². The topological polar surface area (TPSA) is 11.4 Å². The van der Waals surface area contributed by atoms with Crippen molar-refractivity contribution in [2.24, 2.45) is 0 Å². The van der Waals surface area contributed by atoms with Gasteiger partial charge < -0.3 is 14.4 Å². The Hall–Kier alpha value is -8.92. The van der Waals surface area contributed by atoms with E-state index in [4.69, 9.17) is 0 Å². The van der Waals surface area contributed by atoms with Gasteiger partial charge in [-0.15, -0.1) is 0 Å². The van der Waals surface area contributed by atoms with Crippen molar-refractivity contribution in [2.75, 3.05) is 9.80 Å². The quantitative estimate of drug-likeness (QED) is 0.174. The fraction of sp³-hybridized carbons (Fsp3) is 0.158. The SMILES string of the molecule is CC1(C)c2ccccc2N2c3ccccc3C(C)(C)c3cc(-c4ccc5c(c4)c4cc(-c6cc7c8c(c6)C(C)(C)c6ccccc6N8c6ccccc6C7(C)C)ccc4n5-c4ccc(-c5cccc6ccccc56)cc4)cc1c32. The van der Waals surface area contributed by atoms with Gasteiger partial charge in [0.2, 0.25) is 0 Å². The summed E-state index contributed by atoms with van der Waals surface area (Å²) in [5.41, 5.74) is 28.6. The fourth-order valence-electron chi connectivity index (χ4n) is 15.0. The van der Waals surface area contributed by atoms with E-state index in [1.165, 1.54) is 145 Å². The maximum Gasteiger partial charge on any atom is 0.0544 e. The Morgan fingerprint density at radius 3 is 1.04 bits per heavy atom. The second-order valence-electron chi connectivity index (χ2n) is 25.0. The minimum absolute atomic E-state index is 0.235. The summed E-state index contributed by atoms with van der Waals surface area (Å²) < 4.78 is 2.49. The molecule has 0 fully saturated rings. The van der Waals surface area contributed by atoms with Crippen molar-refractivity contribution in [3.8, 4) is 39.1 Å². The number of hydrogen-bond acceptors (Lipinski definition) is 2. The van der Waals surface area contributed by atoms with Crippen LogP contribution in [0.1, 0.15) is 99.9 Å². The minimum atomic E-state index is -0.235. The summed E-state index contributed by atoms with van der Waals surface area (Å²) >= 11 is 0. The van der Waals surface area contributed by atoms with Crippen LogP contribution in [0.4, 0.5) is 34.1 Å². The lowest BCUT2D eigenvalue weighted by Crippen LogP contribution is -2.38. The van der Waals surface area contributed by atoms with Crippen molar-refractivity contribution in [3.05, 3.63) is 269 Å². The highest BCUT2D eigenvalue weighted by Gasteiger charge is 2.47. The molecule has 0 bridgehead atoms. The molecule has 0 unspecified atom stereocenters. The lowest BCUT2D eigenvalue weighted by atomic mass is 9.65. The molecule has 0 amide bonds. The van der Waals surface area contributed by atoms with E-state index in [2.05, 4.69) is 294 Å². The molecule has 1 aromatic heterocycles. The summed E-state index contributed by atoms with van der Waals surface area (Å²) in [6, 6.07) is 85.4. The van der Waals surface area contributed by atoms with E-state index in [0.29, 0.717) is 0 Å². The molecule has 3 heteroatoms. The van der Waals surface area contributed by atoms with Crippen LogP contribution < -0.4 is 9.80 Å². The van der Waals surface area contributed by atoms with E-state index in [0.717, 1.165) is 5.69 Å². The van der Waals surface area contributed by atoms with Crippen molar-refractivity contribution in [1.29, 1.82) is 0 Å². The van der Waals surface area contributed by atoms with Crippen molar-refractivity contribution in [1.82, 2.24) is 4.57 Å². The van der Waals surface area contributed by atoms with E-state index in [1.807, 2.05) is 0 Å².